The Labute approximate surface area is 218 Å². The molecule has 2 aromatic heterocycles. The number of ether oxygens (including phenoxy) is 1. The van der Waals surface area contributed by atoms with Gasteiger partial charge in [0, 0.05) is 38.6 Å². The van der Waals surface area contributed by atoms with E-state index in [4.69, 9.17) is 9.72 Å². The summed E-state index contributed by atoms with van der Waals surface area (Å²) in [5.41, 5.74) is 2.19. The molecule has 200 valence electrons. The molecule has 1 aliphatic carbocycles. The fourth-order valence-electron chi connectivity index (χ4n) is 6.13. The van der Waals surface area contributed by atoms with E-state index < -0.39 is 32.9 Å². The van der Waals surface area contributed by atoms with Crippen LogP contribution in [0.5, 0.6) is 0 Å². The number of aryl methyl sites for hydroxylation is 1. The SMILES string of the molecule is CC[C@@]1(O)C(=O)OCc2c1cc1n(c2=O)Cc2c-1nc1cc(F)c(C)c3c1c2[C@@H](N=S(C)(=O)CCO)CC3. The van der Waals surface area contributed by atoms with E-state index in [0.29, 0.717) is 35.3 Å². The first-order valence-electron chi connectivity index (χ1n) is 12.6. The van der Waals surface area contributed by atoms with Gasteiger partial charge in [0.15, 0.2) is 5.60 Å². The number of halogens is 1. The maximum absolute atomic E-state index is 15.0. The summed E-state index contributed by atoms with van der Waals surface area (Å²) in [5.74, 6) is -1.16. The first-order valence-corrected chi connectivity index (χ1v) is 14.7. The molecule has 0 bridgehead atoms. The van der Waals surface area contributed by atoms with E-state index in [2.05, 4.69) is 4.36 Å². The number of nitrogens with zero attached hydrogens (tertiary/aromatic N) is 3. The van der Waals surface area contributed by atoms with Crippen molar-refractivity contribution in [2.24, 2.45) is 4.36 Å². The van der Waals surface area contributed by atoms with Gasteiger partial charge in [-0.2, -0.15) is 0 Å². The smallest absolute Gasteiger partial charge is 0.343 e. The Morgan fingerprint density at radius 3 is 2.76 bits per heavy atom. The van der Waals surface area contributed by atoms with Crippen molar-refractivity contribution in [3.05, 3.63) is 61.7 Å². The van der Waals surface area contributed by atoms with Crippen molar-refractivity contribution < 1.29 is 28.3 Å². The van der Waals surface area contributed by atoms with E-state index in [9.17, 15) is 28.4 Å². The molecule has 0 fully saturated rings. The second kappa shape index (κ2) is 8.42. The fraction of sp³-hybridized carbons (Fsp3) is 0.444. The molecule has 0 amide bonds. The number of benzene rings is 1. The third-order valence-electron chi connectivity index (χ3n) is 8.17. The normalized spacial score (nSPS) is 22.9. The summed E-state index contributed by atoms with van der Waals surface area (Å²) in [5, 5.41) is 21.3. The number of pyridine rings is 2. The highest BCUT2D eigenvalue weighted by molar-refractivity contribution is 7.92. The van der Waals surface area contributed by atoms with Crippen molar-refractivity contribution in [3.8, 4) is 11.4 Å². The van der Waals surface area contributed by atoms with E-state index in [1.807, 2.05) is 0 Å². The van der Waals surface area contributed by atoms with Gasteiger partial charge in [0.1, 0.15) is 12.4 Å². The van der Waals surface area contributed by atoms with Crippen molar-refractivity contribution in [1.29, 1.82) is 0 Å². The lowest BCUT2D eigenvalue weighted by atomic mass is 9.82. The second-order valence-corrected chi connectivity index (χ2v) is 12.9. The molecule has 9 nitrogen and oxygen atoms in total. The van der Waals surface area contributed by atoms with Crippen molar-refractivity contribution in [2.45, 2.75) is 57.9 Å². The zero-order valence-electron chi connectivity index (χ0n) is 21.3. The summed E-state index contributed by atoms with van der Waals surface area (Å²) in [4.78, 5) is 30.9. The molecule has 0 saturated carbocycles. The van der Waals surface area contributed by atoms with Crippen LogP contribution < -0.4 is 5.56 Å². The lowest BCUT2D eigenvalue weighted by molar-refractivity contribution is -0.172. The molecular formula is C27H28FN3O6S. The van der Waals surface area contributed by atoms with Gasteiger partial charge in [0.25, 0.3) is 5.56 Å². The van der Waals surface area contributed by atoms with Crippen molar-refractivity contribution in [3.63, 3.8) is 0 Å². The average molecular weight is 542 g/mol. The Bertz CT molecular complexity index is 1760. The van der Waals surface area contributed by atoms with Gasteiger partial charge in [0.2, 0.25) is 0 Å². The van der Waals surface area contributed by atoms with E-state index in [1.165, 1.54) is 16.9 Å². The van der Waals surface area contributed by atoms with Gasteiger partial charge < -0.3 is 19.5 Å². The van der Waals surface area contributed by atoms with Crippen LogP contribution in [0, 0.1) is 12.7 Å². The third kappa shape index (κ3) is 3.41. The molecule has 38 heavy (non-hydrogen) atoms. The Balaban J connectivity index is 1.68. The van der Waals surface area contributed by atoms with Crippen molar-refractivity contribution in [2.75, 3.05) is 18.6 Å². The summed E-state index contributed by atoms with van der Waals surface area (Å²) < 4.78 is 39.5. The van der Waals surface area contributed by atoms with Gasteiger partial charge >= 0.3 is 5.97 Å². The van der Waals surface area contributed by atoms with Gasteiger partial charge in [-0.3, -0.25) is 4.79 Å². The highest BCUT2D eigenvalue weighted by atomic mass is 32.2. The first kappa shape index (κ1) is 25.1. The summed E-state index contributed by atoms with van der Waals surface area (Å²) in [6.07, 6.45) is 2.57. The van der Waals surface area contributed by atoms with Crippen molar-refractivity contribution in [1.82, 2.24) is 9.55 Å². The molecule has 2 aliphatic heterocycles. The predicted octanol–water partition coefficient (Wildman–Crippen LogP) is 2.60. The molecule has 3 atom stereocenters. The summed E-state index contributed by atoms with van der Waals surface area (Å²) in [6, 6.07) is 2.50. The predicted molar refractivity (Wildman–Crippen MR) is 139 cm³/mol. The minimum Gasteiger partial charge on any atom is -0.458 e. The van der Waals surface area contributed by atoms with E-state index in [0.717, 1.165) is 22.1 Å². The topological polar surface area (TPSA) is 131 Å². The van der Waals surface area contributed by atoms with E-state index in [1.54, 1.807) is 19.9 Å². The molecule has 11 heteroatoms. The number of hydrogen-bond donors (Lipinski definition) is 2. The van der Waals surface area contributed by atoms with Gasteiger partial charge in [-0.25, -0.2) is 22.7 Å². The molecule has 0 saturated heterocycles. The number of carbonyl (C=O) groups is 1. The van der Waals surface area contributed by atoms with Gasteiger partial charge in [0.05, 0.1) is 47.4 Å². The highest BCUT2D eigenvalue weighted by Gasteiger charge is 2.46. The number of hydrogen-bond acceptors (Lipinski definition) is 8. The zero-order valence-corrected chi connectivity index (χ0v) is 22.2. The molecule has 6 rings (SSSR count). The summed E-state index contributed by atoms with van der Waals surface area (Å²) in [6.45, 7) is 3.03. The number of aliphatic hydroxyl groups excluding tert-OH is 1. The Morgan fingerprint density at radius 2 is 2.05 bits per heavy atom. The van der Waals surface area contributed by atoms with Crippen LogP contribution in [0.3, 0.4) is 0 Å². The van der Waals surface area contributed by atoms with Crippen LogP contribution in [0.1, 0.15) is 59.2 Å². The molecule has 1 unspecified atom stereocenters. The first-order chi connectivity index (χ1) is 18.0. The number of aliphatic hydroxyl groups is 2. The number of rotatable bonds is 4. The molecule has 1 aromatic carbocycles. The highest BCUT2D eigenvalue weighted by Crippen LogP contribution is 2.47. The van der Waals surface area contributed by atoms with Gasteiger partial charge in [-0.1, -0.05) is 6.92 Å². The lowest BCUT2D eigenvalue weighted by Crippen LogP contribution is -2.44. The molecule has 3 aliphatic rings. The van der Waals surface area contributed by atoms with Crippen LogP contribution in [0.2, 0.25) is 0 Å². The molecule has 4 heterocycles. The fourth-order valence-corrected chi connectivity index (χ4v) is 7.32. The monoisotopic (exact) mass is 541 g/mol. The summed E-state index contributed by atoms with van der Waals surface area (Å²) in [7, 11) is -2.70. The maximum atomic E-state index is 15.0. The standard InChI is InChI=1S/C27H28FN3O6S/c1-4-27(35)17-9-21-24-15(11-31(21)25(33)16(17)12-37-26(27)34)23-19(30-38(3,36)8-7-32)6-5-14-13(2)18(28)10-20(29-24)22(14)23/h9-10,19,32,35H,4-8,11-12H2,1-3H3/t19-,27-,38?/m0/s1. The maximum Gasteiger partial charge on any atom is 0.343 e. The number of carbonyl (C=O) groups excluding carboxylic acids is 1. The summed E-state index contributed by atoms with van der Waals surface area (Å²) >= 11 is 0. The number of fused-ring (bicyclic) bond motifs is 5. The lowest BCUT2D eigenvalue weighted by Gasteiger charge is -2.31. The Kier molecular flexibility index (Phi) is 5.57. The third-order valence-corrected chi connectivity index (χ3v) is 9.81. The number of aromatic nitrogens is 2. The minimum atomic E-state index is -2.70. The Morgan fingerprint density at radius 1 is 1.29 bits per heavy atom. The van der Waals surface area contributed by atoms with E-state index in [-0.39, 0.29) is 48.9 Å². The zero-order chi connectivity index (χ0) is 27.1. The molecule has 2 N–H and O–H groups in total. The van der Waals surface area contributed by atoms with Crippen LogP contribution in [-0.4, -0.2) is 48.6 Å². The number of cyclic esters (lactones) is 1. The molecular weight excluding hydrogens is 513 g/mol. The molecule has 0 radical (unpaired) electrons. The quantitative estimate of drug-likeness (QED) is 0.380. The largest absolute Gasteiger partial charge is 0.458 e. The minimum absolute atomic E-state index is 0.0233. The second-order valence-electron chi connectivity index (χ2n) is 10.4. The average Bonchev–Trinajstić information content (AvgIpc) is 3.24. The molecule has 3 aromatic rings. The van der Waals surface area contributed by atoms with Crippen molar-refractivity contribution >= 4 is 26.6 Å². The number of esters is 1. The van der Waals surface area contributed by atoms with Gasteiger partial charge in [-0.05, 0) is 48.9 Å². The van der Waals surface area contributed by atoms with Crippen LogP contribution in [0.4, 0.5) is 4.39 Å². The van der Waals surface area contributed by atoms with Crippen LogP contribution in [0.25, 0.3) is 22.3 Å². The van der Waals surface area contributed by atoms with Gasteiger partial charge in [-0.15, -0.1) is 0 Å². The van der Waals surface area contributed by atoms with Crippen LogP contribution >= 0.6 is 0 Å². The molecule has 0 spiro atoms. The van der Waals surface area contributed by atoms with Crippen LogP contribution in [0.15, 0.2) is 21.3 Å². The van der Waals surface area contributed by atoms with E-state index >= 15 is 0 Å². The van der Waals surface area contributed by atoms with Crippen LogP contribution in [-0.2, 0) is 44.4 Å². The Hall–Kier alpha value is -3.15.